The summed E-state index contributed by atoms with van der Waals surface area (Å²) < 4.78 is 13.2. The van der Waals surface area contributed by atoms with Crippen molar-refractivity contribution in [1.82, 2.24) is 0 Å². The number of aryl methyl sites for hydroxylation is 1. The fraction of sp³-hybridized carbons (Fsp3) is 0.143. The number of benzene rings is 2. The molecule has 0 saturated carbocycles. The van der Waals surface area contributed by atoms with E-state index in [0.717, 1.165) is 5.56 Å². The van der Waals surface area contributed by atoms with Crippen molar-refractivity contribution < 1.29 is 9.31 Å². The van der Waals surface area contributed by atoms with Crippen LogP contribution in [0.25, 0.3) is 0 Å². The fourth-order valence-electron chi connectivity index (χ4n) is 1.82. The van der Waals surface area contributed by atoms with Gasteiger partial charge in [0.2, 0.25) is 0 Å². The van der Waals surface area contributed by atoms with E-state index < -0.39 is 10.7 Å². The molecule has 0 saturated heterocycles. The highest BCUT2D eigenvalue weighted by atomic mass is 35.5. The SMILES string of the molecule is Cc1ccc(CNc2cc(F)cc(Cl)c2)cc1[N+](=O)[O-]. The summed E-state index contributed by atoms with van der Waals surface area (Å²) in [5.41, 5.74) is 1.94. The van der Waals surface area contributed by atoms with Crippen molar-refractivity contribution in [3.05, 3.63) is 68.5 Å². The molecule has 0 unspecified atom stereocenters. The molecular weight excluding hydrogens is 283 g/mol. The third-order valence-corrected chi connectivity index (χ3v) is 3.05. The van der Waals surface area contributed by atoms with Crippen LogP contribution in [0, 0.1) is 22.9 Å². The Morgan fingerprint density at radius 3 is 2.70 bits per heavy atom. The molecule has 1 N–H and O–H groups in total. The first-order chi connectivity index (χ1) is 9.45. The molecule has 2 aromatic carbocycles. The maximum absolute atomic E-state index is 13.2. The monoisotopic (exact) mass is 294 g/mol. The minimum atomic E-state index is -0.435. The van der Waals surface area contributed by atoms with Crippen LogP contribution < -0.4 is 5.32 Å². The summed E-state index contributed by atoms with van der Waals surface area (Å²) in [6, 6.07) is 9.10. The van der Waals surface area contributed by atoms with E-state index in [9.17, 15) is 14.5 Å². The third kappa shape index (κ3) is 3.45. The van der Waals surface area contributed by atoms with Crippen LogP contribution in [0.15, 0.2) is 36.4 Å². The van der Waals surface area contributed by atoms with Gasteiger partial charge in [0.15, 0.2) is 0 Å². The number of nitrogens with one attached hydrogen (secondary N) is 1. The van der Waals surface area contributed by atoms with Crippen molar-refractivity contribution in [3.8, 4) is 0 Å². The van der Waals surface area contributed by atoms with Gasteiger partial charge in [-0.1, -0.05) is 23.7 Å². The predicted octanol–water partition coefficient (Wildman–Crippen LogP) is 4.31. The van der Waals surface area contributed by atoms with E-state index in [1.165, 1.54) is 18.2 Å². The number of nitrogens with zero attached hydrogens (tertiary/aromatic N) is 1. The zero-order valence-electron chi connectivity index (χ0n) is 10.7. The van der Waals surface area contributed by atoms with E-state index in [1.807, 2.05) is 0 Å². The van der Waals surface area contributed by atoms with Crippen molar-refractivity contribution in [3.63, 3.8) is 0 Å². The minimum absolute atomic E-state index is 0.0709. The molecule has 0 spiro atoms. The van der Waals surface area contributed by atoms with Crippen molar-refractivity contribution in [2.75, 3.05) is 5.32 Å². The van der Waals surface area contributed by atoms with Gasteiger partial charge < -0.3 is 5.32 Å². The van der Waals surface area contributed by atoms with Gasteiger partial charge in [-0.15, -0.1) is 0 Å². The molecule has 0 bridgehead atoms. The lowest BCUT2D eigenvalue weighted by Crippen LogP contribution is -2.01. The first-order valence-corrected chi connectivity index (χ1v) is 6.27. The molecule has 0 aliphatic carbocycles. The number of rotatable bonds is 4. The van der Waals surface area contributed by atoms with Gasteiger partial charge in [0.1, 0.15) is 5.82 Å². The van der Waals surface area contributed by atoms with E-state index in [4.69, 9.17) is 11.6 Å². The lowest BCUT2D eigenvalue weighted by Gasteiger charge is -2.08. The van der Waals surface area contributed by atoms with Crippen LogP contribution in [0.2, 0.25) is 5.02 Å². The summed E-state index contributed by atoms with van der Waals surface area (Å²) in [4.78, 5) is 10.4. The minimum Gasteiger partial charge on any atom is -0.381 e. The summed E-state index contributed by atoms with van der Waals surface area (Å²) in [6.45, 7) is 2.03. The molecule has 0 atom stereocenters. The van der Waals surface area contributed by atoms with Gasteiger partial charge in [-0.05, 0) is 30.7 Å². The molecular formula is C14H12ClFN2O2. The van der Waals surface area contributed by atoms with E-state index in [1.54, 1.807) is 25.1 Å². The zero-order chi connectivity index (χ0) is 14.7. The van der Waals surface area contributed by atoms with Crippen molar-refractivity contribution in [1.29, 1.82) is 0 Å². The normalized spacial score (nSPS) is 10.3. The van der Waals surface area contributed by atoms with Gasteiger partial charge in [0.25, 0.3) is 5.69 Å². The Kier molecular flexibility index (Phi) is 4.20. The topological polar surface area (TPSA) is 55.2 Å². The largest absolute Gasteiger partial charge is 0.381 e. The molecule has 0 heterocycles. The Bertz CT molecular complexity index is 641. The van der Waals surface area contributed by atoms with Gasteiger partial charge in [0.05, 0.1) is 4.92 Å². The average Bonchev–Trinajstić information content (AvgIpc) is 2.36. The molecule has 20 heavy (non-hydrogen) atoms. The number of hydrogen-bond donors (Lipinski definition) is 1. The summed E-state index contributed by atoms with van der Waals surface area (Å²) in [7, 11) is 0. The standard InChI is InChI=1S/C14H12ClFN2O2/c1-9-2-3-10(4-14(9)18(19)20)8-17-13-6-11(15)5-12(16)7-13/h2-7,17H,8H2,1H3. The lowest BCUT2D eigenvalue weighted by atomic mass is 10.1. The van der Waals surface area contributed by atoms with Crippen molar-refractivity contribution in [2.45, 2.75) is 13.5 Å². The lowest BCUT2D eigenvalue weighted by molar-refractivity contribution is -0.385. The Labute approximate surface area is 120 Å². The van der Waals surface area contributed by atoms with Gasteiger partial charge in [0, 0.05) is 28.9 Å². The van der Waals surface area contributed by atoms with Crippen LogP contribution in [0.1, 0.15) is 11.1 Å². The zero-order valence-corrected chi connectivity index (χ0v) is 11.4. The molecule has 2 rings (SSSR count). The molecule has 0 aliphatic heterocycles. The fourth-order valence-corrected chi connectivity index (χ4v) is 2.04. The first-order valence-electron chi connectivity index (χ1n) is 5.89. The van der Waals surface area contributed by atoms with Gasteiger partial charge >= 0.3 is 0 Å². The molecule has 0 aliphatic rings. The van der Waals surface area contributed by atoms with E-state index in [-0.39, 0.29) is 5.69 Å². The number of nitro benzene ring substituents is 1. The highest BCUT2D eigenvalue weighted by molar-refractivity contribution is 6.30. The number of anilines is 1. The smallest absolute Gasteiger partial charge is 0.272 e. The number of nitro groups is 1. The van der Waals surface area contributed by atoms with Crippen LogP contribution in [0.4, 0.5) is 15.8 Å². The van der Waals surface area contributed by atoms with Crippen LogP contribution in [0.5, 0.6) is 0 Å². The molecule has 0 amide bonds. The molecule has 0 aromatic heterocycles. The second kappa shape index (κ2) is 5.88. The Morgan fingerprint density at radius 2 is 2.05 bits per heavy atom. The summed E-state index contributed by atoms with van der Waals surface area (Å²) in [5, 5.41) is 14.1. The van der Waals surface area contributed by atoms with Gasteiger partial charge in [-0.2, -0.15) is 0 Å². The second-order valence-electron chi connectivity index (χ2n) is 4.39. The Balaban J connectivity index is 2.14. The molecule has 6 heteroatoms. The van der Waals surface area contributed by atoms with Gasteiger partial charge in [-0.25, -0.2) is 4.39 Å². The van der Waals surface area contributed by atoms with Crippen LogP contribution in [0.3, 0.4) is 0 Å². The summed E-state index contributed by atoms with van der Waals surface area (Å²) in [5.74, 6) is -0.435. The molecule has 2 aromatic rings. The summed E-state index contributed by atoms with van der Waals surface area (Å²) in [6.07, 6.45) is 0. The third-order valence-electron chi connectivity index (χ3n) is 2.83. The number of hydrogen-bond acceptors (Lipinski definition) is 3. The molecule has 104 valence electrons. The predicted molar refractivity (Wildman–Crippen MR) is 76.6 cm³/mol. The molecule has 0 fully saturated rings. The van der Waals surface area contributed by atoms with Crippen LogP contribution >= 0.6 is 11.6 Å². The highest BCUT2D eigenvalue weighted by Gasteiger charge is 2.10. The average molecular weight is 295 g/mol. The second-order valence-corrected chi connectivity index (χ2v) is 4.83. The summed E-state index contributed by atoms with van der Waals surface area (Å²) >= 11 is 5.75. The van der Waals surface area contributed by atoms with Crippen LogP contribution in [-0.2, 0) is 6.54 Å². The molecule has 0 radical (unpaired) electrons. The number of halogens is 2. The quantitative estimate of drug-likeness (QED) is 0.675. The maximum Gasteiger partial charge on any atom is 0.272 e. The van der Waals surface area contributed by atoms with E-state index >= 15 is 0 Å². The van der Waals surface area contributed by atoms with Crippen molar-refractivity contribution in [2.24, 2.45) is 0 Å². The van der Waals surface area contributed by atoms with E-state index in [2.05, 4.69) is 5.32 Å². The molecule has 4 nitrogen and oxygen atoms in total. The Hall–Kier alpha value is -2.14. The van der Waals surface area contributed by atoms with Crippen molar-refractivity contribution >= 4 is 23.0 Å². The maximum atomic E-state index is 13.2. The van der Waals surface area contributed by atoms with Crippen LogP contribution in [-0.4, -0.2) is 4.92 Å². The van der Waals surface area contributed by atoms with E-state index in [0.29, 0.717) is 22.8 Å². The van der Waals surface area contributed by atoms with Gasteiger partial charge in [-0.3, -0.25) is 10.1 Å². The highest BCUT2D eigenvalue weighted by Crippen LogP contribution is 2.21. The first kappa shape index (κ1) is 14.3. The Morgan fingerprint density at radius 1 is 1.30 bits per heavy atom.